The molecular formula is C48H31NO. The van der Waals surface area contributed by atoms with E-state index in [9.17, 15) is 0 Å². The van der Waals surface area contributed by atoms with Crippen LogP contribution in [0, 0.1) is 0 Å². The summed E-state index contributed by atoms with van der Waals surface area (Å²) >= 11 is 0. The van der Waals surface area contributed by atoms with Gasteiger partial charge in [-0.25, -0.2) is 0 Å². The van der Waals surface area contributed by atoms with Crippen LogP contribution in [-0.2, 0) is 0 Å². The Morgan fingerprint density at radius 2 is 0.840 bits per heavy atom. The molecule has 234 valence electrons. The van der Waals surface area contributed by atoms with Crippen molar-refractivity contribution in [2.75, 3.05) is 4.90 Å². The average Bonchev–Trinajstić information content (AvgIpc) is 3.58. The van der Waals surface area contributed by atoms with Crippen LogP contribution >= 0.6 is 0 Å². The number of furan rings is 1. The van der Waals surface area contributed by atoms with Crippen LogP contribution in [0.25, 0.3) is 76.5 Å². The topological polar surface area (TPSA) is 16.4 Å². The molecule has 0 aliphatic carbocycles. The van der Waals surface area contributed by atoms with E-state index in [2.05, 4.69) is 187 Å². The number of hydrogen-bond acceptors (Lipinski definition) is 2. The zero-order valence-corrected chi connectivity index (χ0v) is 27.3. The highest BCUT2D eigenvalue weighted by atomic mass is 16.3. The summed E-state index contributed by atoms with van der Waals surface area (Å²) < 4.78 is 6.38. The normalized spacial score (nSPS) is 11.6. The second-order valence-corrected chi connectivity index (χ2v) is 12.8. The van der Waals surface area contributed by atoms with E-state index in [0.717, 1.165) is 33.6 Å². The van der Waals surface area contributed by atoms with Crippen LogP contribution < -0.4 is 4.90 Å². The predicted octanol–water partition coefficient (Wildman–Crippen LogP) is 13.8. The van der Waals surface area contributed by atoms with Gasteiger partial charge in [0.1, 0.15) is 11.2 Å². The van der Waals surface area contributed by atoms with Gasteiger partial charge in [-0.2, -0.15) is 0 Å². The van der Waals surface area contributed by atoms with Gasteiger partial charge in [0.2, 0.25) is 0 Å². The zero-order chi connectivity index (χ0) is 33.0. The summed E-state index contributed by atoms with van der Waals surface area (Å²) in [5, 5.41) is 9.65. The maximum Gasteiger partial charge on any atom is 0.136 e. The fraction of sp³-hybridized carbons (Fsp3) is 0. The van der Waals surface area contributed by atoms with Gasteiger partial charge < -0.3 is 9.32 Å². The van der Waals surface area contributed by atoms with Crippen LogP contribution in [0.4, 0.5) is 17.1 Å². The third-order valence-electron chi connectivity index (χ3n) is 10.0. The van der Waals surface area contributed by atoms with Gasteiger partial charge in [-0.05, 0) is 80.7 Å². The first-order valence-corrected chi connectivity index (χ1v) is 17.1. The molecule has 0 unspecified atom stereocenters. The Kier molecular flexibility index (Phi) is 6.53. The van der Waals surface area contributed by atoms with E-state index in [0.29, 0.717) is 0 Å². The molecule has 0 saturated heterocycles. The van der Waals surface area contributed by atoms with Gasteiger partial charge in [-0.15, -0.1) is 0 Å². The minimum atomic E-state index is 0.914. The van der Waals surface area contributed by atoms with Crippen molar-refractivity contribution in [3.05, 3.63) is 188 Å². The first kappa shape index (κ1) is 28.4. The molecule has 2 nitrogen and oxygen atoms in total. The van der Waals surface area contributed by atoms with Crippen LogP contribution in [0.3, 0.4) is 0 Å². The summed E-state index contributed by atoms with van der Waals surface area (Å²) in [5.74, 6) is 0. The standard InChI is InChI=1S/C48H31NO/c1-3-14-32(15-4-1)33-26-28-34(29-27-33)36-18-9-11-23-42(36)49(35-16-5-2-6-17-35)43-24-13-22-38-40-30-31-45-48(41-21-10-12-25-44(41)50-45)47(40)39-20-8-7-19-37(39)46(38)43/h1-31H. The Labute approximate surface area is 290 Å². The molecule has 1 aromatic heterocycles. The van der Waals surface area contributed by atoms with E-state index in [1.807, 2.05) is 6.07 Å². The van der Waals surface area contributed by atoms with Crippen molar-refractivity contribution >= 4 is 71.3 Å². The van der Waals surface area contributed by atoms with Crippen molar-refractivity contribution in [2.45, 2.75) is 0 Å². The van der Waals surface area contributed by atoms with Gasteiger partial charge in [-0.3, -0.25) is 0 Å². The van der Waals surface area contributed by atoms with E-state index >= 15 is 0 Å². The molecule has 10 rings (SSSR count). The Morgan fingerprint density at radius 1 is 0.300 bits per heavy atom. The Hall–Kier alpha value is -6.64. The van der Waals surface area contributed by atoms with Gasteiger partial charge in [0.05, 0.1) is 11.4 Å². The van der Waals surface area contributed by atoms with Crippen LogP contribution in [0.5, 0.6) is 0 Å². The molecule has 0 N–H and O–H groups in total. The van der Waals surface area contributed by atoms with Gasteiger partial charge in [0, 0.05) is 32.8 Å². The largest absolute Gasteiger partial charge is 0.456 e. The lowest BCUT2D eigenvalue weighted by Gasteiger charge is -2.29. The SMILES string of the molecule is c1ccc(-c2ccc(-c3ccccc3N(c3ccccc3)c3cccc4c5ccc6oc7ccccc7c6c5c5ccccc5c34)cc2)cc1. The van der Waals surface area contributed by atoms with E-state index < -0.39 is 0 Å². The second-order valence-electron chi connectivity index (χ2n) is 12.8. The summed E-state index contributed by atoms with van der Waals surface area (Å²) in [6.45, 7) is 0. The Morgan fingerprint density at radius 3 is 1.62 bits per heavy atom. The lowest BCUT2D eigenvalue weighted by molar-refractivity contribution is 0.669. The third-order valence-corrected chi connectivity index (χ3v) is 10.0. The highest BCUT2D eigenvalue weighted by molar-refractivity contribution is 6.36. The maximum absolute atomic E-state index is 6.38. The average molecular weight is 638 g/mol. The first-order valence-electron chi connectivity index (χ1n) is 17.1. The minimum absolute atomic E-state index is 0.914. The lowest BCUT2D eigenvalue weighted by Crippen LogP contribution is -2.11. The van der Waals surface area contributed by atoms with Crippen molar-refractivity contribution < 1.29 is 4.42 Å². The third kappa shape index (κ3) is 4.43. The number of para-hydroxylation sites is 3. The molecule has 2 heteroatoms. The number of fused-ring (bicyclic) bond motifs is 10. The minimum Gasteiger partial charge on any atom is -0.456 e. The highest BCUT2D eigenvalue weighted by Gasteiger charge is 2.22. The molecule has 0 amide bonds. The molecule has 0 aliphatic rings. The van der Waals surface area contributed by atoms with E-state index in [1.165, 1.54) is 60.0 Å². The van der Waals surface area contributed by atoms with Crippen molar-refractivity contribution in [2.24, 2.45) is 0 Å². The van der Waals surface area contributed by atoms with Crippen molar-refractivity contribution in [1.29, 1.82) is 0 Å². The monoisotopic (exact) mass is 637 g/mol. The molecule has 0 saturated carbocycles. The summed E-state index contributed by atoms with van der Waals surface area (Å²) in [6.07, 6.45) is 0. The molecule has 0 aliphatic heterocycles. The molecule has 0 radical (unpaired) electrons. The van der Waals surface area contributed by atoms with E-state index in [1.54, 1.807) is 0 Å². The van der Waals surface area contributed by atoms with Crippen LogP contribution in [0.2, 0.25) is 0 Å². The first-order chi connectivity index (χ1) is 24.8. The van der Waals surface area contributed by atoms with Gasteiger partial charge in [0.15, 0.2) is 0 Å². The van der Waals surface area contributed by atoms with Crippen LogP contribution in [-0.4, -0.2) is 0 Å². The van der Waals surface area contributed by atoms with Crippen LogP contribution in [0.1, 0.15) is 0 Å². The summed E-state index contributed by atoms with van der Waals surface area (Å²) in [7, 11) is 0. The highest BCUT2D eigenvalue weighted by Crippen LogP contribution is 2.48. The fourth-order valence-corrected chi connectivity index (χ4v) is 7.84. The van der Waals surface area contributed by atoms with Crippen molar-refractivity contribution in [3.8, 4) is 22.3 Å². The number of hydrogen-bond donors (Lipinski definition) is 0. The zero-order valence-electron chi connectivity index (χ0n) is 27.3. The molecule has 9 aromatic carbocycles. The van der Waals surface area contributed by atoms with E-state index in [4.69, 9.17) is 4.42 Å². The summed E-state index contributed by atoms with van der Waals surface area (Å²) in [5.41, 5.74) is 9.96. The molecule has 50 heavy (non-hydrogen) atoms. The smallest absolute Gasteiger partial charge is 0.136 e. The summed E-state index contributed by atoms with van der Waals surface area (Å²) in [6, 6.07) is 67.4. The molecule has 1 heterocycles. The second kappa shape index (κ2) is 11.5. The Balaban J connectivity index is 1.26. The quantitative estimate of drug-likeness (QED) is 0.175. The molecular weight excluding hydrogens is 607 g/mol. The van der Waals surface area contributed by atoms with Gasteiger partial charge in [0.25, 0.3) is 0 Å². The van der Waals surface area contributed by atoms with E-state index in [-0.39, 0.29) is 0 Å². The van der Waals surface area contributed by atoms with Crippen molar-refractivity contribution in [1.82, 2.24) is 0 Å². The predicted molar refractivity (Wildman–Crippen MR) is 212 cm³/mol. The lowest BCUT2D eigenvalue weighted by atomic mass is 9.90. The van der Waals surface area contributed by atoms with Gasteiger partial charge >= 0.3 is 0 Å². The molecule has 10 aromatic rings. The number of rotatable bonds is 5. The molecule has 0 spiro atoms. The van der Waals surface area contributed by atoms with Crippen LogP contribution in [0.15, 0.2) is 192 Å². The number of benzene rings is 9. The molecule has 0 bridgehead atoms. The molecule has 0 atom stereocenters. The number of nitrogens with zero attached hydrogens (tertiary/aromatic N) is 1. The Bertz CT molecular complexity index is 2820. The number of anilines is 3. The maximum atomic E-state index is 6.38. The fourth-order valence-electron chi connectivity index (χ4n) is 7.84. The molecule has 0 fully saturated rings. The summed E-state index contributed by atoms with van der Waals surface area (Å²) in [4.78, 5) is 2.44. The van der Waals surface area contributed by atoms with Crippen molar-refractivity contribution in [3.63, 3.8) is 0 Å². The van der Waals surface area contributed by atoms with Gasteiger partial charge in [-0.1, -0.05) is 146 Å².